The molecule has 0 saturated carbocycles. The van der Waals surface area contributed by atoms with Crippen LogP contribution in [0.25, 0.3) is 11.0 Å². The molecule has 4 aromatic rings. The zero-order valence-electron chi connectivity index (χ0n) is 24.9. The number of sulfone groups is 1. The van der Waals surface area contributed by atoms with Crippen LogP contribution in [-0.4, -0.2) is 78.3 Å². The van der Waals surface area contributed by atoms with Crippen LogP contribution in [0.5, 0.6) is 0 Å². The molecule has 2 N–H and O–H groups in total. The summed E-state index contributed by atoms with van der Waals surface area (Å²) in [6.45, 7) is 7.51. The molecule has 0 bridgehead atoms. The molecule has 0 aliphatic carbocycles. The summed E-state index contributed by atoms with van der Waals surface area (Å²) in [5.74, 6) is 3.28. The van der Waals surface area contributed by atoms with Crippen molar-refractivity contribution in [3.63, 3.8) is 0 Å². The number of nitrogens with one attached hydrogen (secondary N) is 2. The van der Waals surface area contributed by atoms with E-state index in [4.69, 9.17) is 4.42 Å². The average molecular weight is 604 g/mol. The Morgan fingerprint density at radius 3 is 2.47 bits per heavy atom. The summed E-state index contributed by atoms with van der Waals surface area (Å²) in [7, 11) is -1.50. The van der Waals surface area contributed by atoms with Crippen molar-refractivity contribution in [2.45, 2.75) is 44.4 Å². The third-order valence-corrected chi connectivity index (χ3v) is 8.57. The van der Waals surface area contributed by atoms with Crippen LogP contribution in [0.15, 0.2) is 63.2 Å². The van der Waals surface area contributed by atoms with E-state index in [-0.39, 0.29) is 22.8 Å². The lowest BCUT2D eigenvalue weighted by molar-refractivity contribution is 0.264. The maximum absolute atomic E-state index is 13.7. The second-order valence-electron chi connectivity index (χ2n) is 10.8. The van der Waals surface area contributed by atoms with E-state index in [1.165, 1.54) is 10.8 Å². The van der Waals surface area contributed by atoms with Crippen molar-refractivity contribution in [1.29, 1.82) is 0 Å². The van der Waals surface area contributed by atoms with Crippen LogP contribution in [0.3, 0.4) is 0 Å². The zero-order valence-corrected chi connectivity index (χ0v) is 25.7. The third-order valence-electron chi connectivity index (χ3n) is 7.54. The Morgan fingerprint density at radius 2 is 1.79 bits per heavy atom. The van der Waals surface area contributed by atoms with Crippen molar-refractivity contribution in [2.24, 2.45) is 0 Å². The van der Waals surface area contributed by atoms with Gasteiger partial charge in [0.05, 0.1) is 18.4 Å². The smallest absolute Gasteiger partial charge is 0.268 e. The van der Waals surface area contributed by atoms with E-state index in [1.54, 1.807) is 18.3 Å². The number of aromatic nitrogens is 3. The topological polar surface area (TPSA) is 126 Å². The molecule has 1 aromatic carbocycles. The number of pyridine rings is 1. The molecule has 12 heteroatoms. The molecular formula is C31H37N7O4S. The van der Waals surface area contributed by atoms with Crippen molar-refractivity contribution in [2.75, 3.05) is 50.1 Å². The van der Waals surface area contributed by atoms with E-state index in [9.17, 15) is 13.2 Å². The van der Waals surface area contributed by atoms with Gasteiger partial charge in [-0.15, -0.1) is 0 Å². The molecule has 0 amide bonds. The largest absolute Gasteiger partial charge is 0.453 e. The van der Waals surface area contributed by atoms with Crippen LogP contribution in [0.2, 0.25) is 0 Å². The first kappa shape index (κ1) is 30.1. The van der Waals surface area contributed by atoms with Gasteiger partial charge < -0.3 is 24.9 Å². The third kappa shape index (κ3) is 7.18. The quantitative estimate of drug-likeness (QED) is 0.216. The maximum atomic E-state index is 13.7. The molecule has 0 unspecified atom stereocenters. The molecule has 3 aromatic heterocycles. The summed E-state index contributed by atoms with van der Waals surface area (Å²) >= 11 is 0. The van der Waals surface area contributed by atoms with Crippen LogP contribution >= 0.6 is 0 Å². The van der Waals surface area contributed by atoms with Crippen LogP contribution in [0.1, 0.15) is 37.8 Å². The second-order valence-corrected chi connectivity index (χ2v) is 12.7. The maximum Gasteiger partial charge on any atom is 0.268 e. The lowest BCUT2D eigenvalue weighted by Crippen LogP contribution is -2.36. The van der Waals surface area contributed by atoms with Gasteiger partial charge in [0.25, 0.3) is 5.56 Å². The number of hydrogen-bond donors (Lipinski definition) is 2. The fourth-order valence-electron chi connectivity index (χ4n) is 5.08. The van der Waals surface area contributed by atoms with Crippen molar-refractivity contribution >= 4 is 38.2 Å². The van der Waals surface area contributed by atoms with E-state index in [0.29, 0.717) is 41.7 Å². The van der Waals surface area contributed by atoms with Gasteiger partial charge in [-0.2, -0.15) is 4.98 Å². The van der Waals surface area contributed by atoms with Gasteiger partial charge >= 0.3 is 0 Å². The normalized spacial score (nSPS) is 14.3. The number of fused-ring (bicyclic) bond motifs is 1. The van der Waals surface area contributed by atoms with Crippen LogP contribution in [0.4, 0.5) is 17.3 Å². The Balaban J connectivity index is 1.47. The van der Waals surface area contributed by atoms with Gasteiger partial charge in [-0.3, -0.25) is 9.36 Å². The molecule has 5 rings (SSSR count). The number of rotatable bonds is 9. The van der Waals surface area contributed by atoms with Crippen LogP contribution < -0.4 is 16.2 Å². The number of anilines is 3. The molecule has 1 fully saturated rings. The van der Waals surface area contributed by atoms with Crippen molar-refractivity contribution in [3.8, 4) is 12.0 Å². The zero-order chi connectivity index (χ0) is 30.6. The van der Waals surface area contributed by atoms with Crippen molar-refractivity contribution in [1.82, 2.24) is 24.3 Å². The Morgan fingerprint density at radius 1 is 1.09 bits per heavy atom. The molecule has 1 aliphatic rings. The number of nitrogens with zero attached hydrogens (tertiary/aromatic N) is 5. The molecule has 1 saturated heterocycles. The summed E-state index contributed by atoms with van der Waals surface area (Å²) in [6.07, 6.45) is 6.22. The first-order chi connectivity index (χ1) is 20.6. The number of likely N-dealkylation sites (tertiary alicyclic amines) is 1. The summed E-state index contributed by atoms with van der Waals surface area (Å²) in [6, 6.07) is 14.6. The highest BCUT2D eigenvalue weighted by Crippen LogP contribution is 2.23. The summed E-state index contributed by atoms with van der Waals surface area (Å²) in [4.78, 5) is 27.1. The SMILES string of the molecule is CCN(C#Cc1cc2cnc(Nc3ccc(NC4CCN(C)CC4)cc3)nc2n(Cc2ccoc2S(C)(=O)=O)c1=O)CC. The first-order valence-corrected chi connectivity index (χ1v) is 16.3. The molecule has 226 valence electrons. The summed E-state index contributed by atoms with van der Waals surface area (Å²) in [5.41, 5.74) is 2.41. The van der Waals surface area contributed by atoms with Gasteiger partial charge in [0.15, 0.2) is 0 Å². The molecular weight excluding hydrogens is 566 g/mol. The van der Waals surface area contributed by atoms with Gasteiger partial charge in [0.2, 0.25) is 20.9 Å². The Kier molecular flexibility index (Phi) is 9.03. The van der Waals surface area contributed by atoms with Crippen molar-refractivity contribution in [3.05, 3.63) is 70.3 Å². The summed E-state index contributed by atoms with van der Waals surface area (Å²) in [5, 5.41) is 7.24. The predicted octanol–water partition coefficient (Wildman–Crippen LogP) is 3.74. The molecule has 11 nitrogen and oxygen atoms in total. The first-order valence-electron chi connectivity index (χ1n) is 14.4. The fraction of sp³-hybridized carbons (Fsp3) is 0.387. The molecule has 0 radical (unpaired) electrons. The monoisotopic (exact) mass is 603 g/mol. The minimum atomic E-state index is -3.65. The van der Waals surface area contributed by atoms with Crippen LogP contribution in [0, 0.1) is 12.0 Å². The predicted molar refractivity (Wildman–Crippen MR) is 168 cm³/mol. The molecule has 0 atom stereocenters. The minimum absolute atomic E-state index is 0.0667. The van der Waals surface area contributed by atoms with E-state index in [0.717, 1.165) is 43.6 Å². The van der Waals surface area contributed by atoms with Gasteiger partial charge in [-0.25, -0.2) is 13.4 Å². The van der Waals surface area contributed by atoms with E-state index in [1.807, 2.05) is 43.0 Å². The standard InChI is InChI=1S/C31H37N7O4S/c1-5-37(6-2)17-11-22-19-24-20-32-31(34-26-9-7-25(8-10-26)33-27-12-15-36(3)16-13-27)35-28(24)38(29(22)39)21-23-14-18-42-30(23)43(4,40)41/h7-10,14,18-20,27,33H,5-6,12-13,15-16,21H2,1-4H3,(H,32,34,35). The molecule has 4 heterocycles. The Bertz CT molecular complexity index is 1810. The summed E-state index contributed by atoms with van der Waals surface area (Å²) < 4.78 is 31.3. The number of benzene rings is 1. The second kappa shape index (κ2) is 12.9. The number of piperidine rings is 1. The molecule has 1 aliphatic heterocycles. The number of hydrogen-bond acceptors (Lipinski definition) is 10. The van der Waals surface area contributed by atoms with Crippen molar-refractivity contribution < 1.29 is 12.8 Å². The lowest BCUT2D eigenvalue weighted by atomic mass is 10.1. The van der Waals surface area contributed by atoms with Gasteiger partial charge in [0, 0.05) is 60.0 Å². The minimum Gasteiger partial charge on any atom is -0.453 e. The highest BCUT2D eigenvalue weighted by Gasteiger charge is 2.20. The fourth-order valence-corrected chi connectivity index (χ4v) is 5.92. The van der Waals surface area contributed by atoms with E-state index >= 15 is 0 Å². The van der Waals surface area contributed by atoms with E-state index in [2.05, 4.69) is 44.5 Å². The van der Waals surface area contributed by atoms with Gasteiger partial charge in [-0.05, 0) is 89.1 Å². The lowest BCUT2D eigenvalue weighted by Gasteiger charge is -2.30. The number of furan rings is 1. The Hall–Kier alpha value is -4.34. The van der Waals surface area contributed by atoms with Gasteiger partial charge in [-0.1, -0.05) is 0 Å². The van der Waals surface area contributed by atoms with E-state index < -0.39 is 9.84 Å². The highest BCUT2D eigenvalue weighted by molar-refractivity contribution is 7.90. The molecule has 0 spiro atoms. The van der Waals surface area contributed by atoms with Crippen LogP contribution in [-0.2, 0) is 16.4 Å². The Labute approximate surface area is 251 Å². The highest BCUT2D eigenvalue weighted by atomic mass is 32.2. The average Bonchev–Trinajstić information content (AvgIpc) is 3.47. The molecule has 43 heavy (non-hydrogen) atoms. The van der Waals surface area contributed by atoms with Gasteiger partial charge in [0.1, 0.15) is 5.65 Å².